The third kappa shape index (κ3) is 2.43. The summed E-state index contributed by atoms with van der Waals surface area (Å²) in [5.41, 5.74) is 1.22. The molecule has 1 heterocycles. The van der Waals surface area contributed by atoms with Crippen LogP contribution in [0.2, 0.25) is 0 Å². The molecule has 1 aromatic carbocycles. The number of rotatable bonds is 4. The van der Waals surface area contributed by atoms with Gasteiger partial charge in [-0.25, -0.2) is 0 Å². The molecule has 6 nitrogen and oxygen atoms in total. The molecule has 0 aliphatic heterocycles. The van der Waals surface area contributed by atoms with Gasteiger partial charge in [-0.15, -0.1) is 0 Å². The molecule has 2 rings (SSSR count). The molecule has 0 bridgehead atoms. The van der Waals surface area contributed by atoms with Gasteiger partial charge in [-0.3, -0.25) is 9.89 Å². The number of amides is 1. The lowest BCUT2D eigenvalue weighted by Crippen LogP contribution is -2.40. The SMILES string of the molecule is O=C(NC(CO)CO)c1ccc2cn[nH]c2c1. The first-order valence-electron chi connectivity index (χ1n) is 5.20. The topological polar surface area (TPSA) is 98.2 Å². The fourth-order valence-electron chi connectivity index (χ4n) is 1.50. The van der Waals surface area contributed by atoms with E-state index in [1.54, 1.807) is 24.4 Å². The Morgan fingerprint density at radius 2 is 2.18 bits per heavy atom. The zero-order valence-electron chi connectivity index (χ0n) is 9.05. The predicted molar refractivity (Wildman–Crippen MR) is 61.5 cm³/mol. The van der Waals surface area contributed by atoms with E-state index in [4.69, 9.17) is 10.2 Å². The van der Waals surface area contributed by atoms with Gasteiger partial charge in [-0.1, -0.05) is 6.07 Å². The van der Waals surface area contributed by atoms with Crippen molar-refractivity contribution in [2.24, 2.45) is 0 Å². The number of carbonyl (C=O) groups excluding carboxylic acids is 1. The number of H-pyrrole nitrogens is 1. The highest BCUT2D eigenvalue weighted by atomic mass is 16.3. The van der Waals surface area contributed by atoms with Crippen molar-refractivity contribution in [2.45, 2.75) is 6.04 Å². The van der Waals surface area contributed by atoms with Crippen LogP contribution in [0.15, 0.2) is 24.4 Å². The van der Waals surface area contributed by atoms with Gasteiger partial charge >= 0.3 is 0 Å². The second kappa shape index (κ2) is 4.94. The zero-order chi connectivity index (χ0) is 12.3. The molecule has 6 heteroatoms. The number of aromatic nitrogens is 2. The molecule has 0 fully saturated rings. The van der Waals surface area contributed by atoms with E-state index in [0.29, 0.717) is 5.56 Å². The minimum Gasteiger partial charge on any atom is -0.394 e. The fourth-order valence-corrected chi connectivity index (χ4v) is 1.50. The number of aliphatic hydroxyl groups is 2. The van der Waals surface area contributed by atoms with Gasteiger partial charge in [0.25, 0.3) is 5.91 Å². The van der Waals surface area contributed by atoms with E-state index < -0.39 is 6.04 Å². The van der Waals surface area contributed by atoms with Crippen LogP contribution in [0.1, 0.15) is 10.4 Å². The first kappa shape index (κ1) is 11.6. The average Bonchev–Trinajstić information content (AvgIpc) is 2.82. The minimum atomic E-state index is -0.639. The maximum atomic E-state index is 11.8. The molecular weight excluding hydrogens is 222 g/mol. The molecule has 2 aromatic rings. The van der Waals surface area contributed by atoms with Gasteiger partial charge in [0.15, 0.2) is 0 Å². The Labute approximate surface area is 97.3 Å². The standard InChI is InChI=1S/C11H13N3O3/c15-5-9(6-16)13-11(17)7-1-2-8-4-12-14-10(8)3-7/h1-4,9,15-16H,5-6H2,(H,12,14)(H,13,17). The molecule has 0 saturated heterocycles. The number of nitrogens with zero attached hydrogens (tertiary/aromatic N) is 1. The summed E-state index contributed by atoms with van der Waals surface area (Å²) in [7, 11) is 0. The van der Waals surface area contributed by atoms with Crippen LogP contribution in [0.5, 0.6) is 0 Å². The summed E-state index contributed by atoms with van der Waals surface area (Å²) in [4.78, 5) is 11.8. The Kier molecular flexibility index (Phi) is 3.36. The van der Waals surface area contributed by atoms with Crippen LogP contribution in [-0.2, 0) is 0 Å². The van der Waals surface area contributed by atoms with Gasteiger partial charge in [-0.05, 0) is 12.1 Å². The maximum absolute atomic E-state index is 11.8. The Hall–Kier alpha value is -1.92. The van der Waals surface area contributed by atoms with E-state index in [9.17, 15) is 4.79 Å². The molecule has 0 saturated carbocycles. The van der Waals surface area contributed by atoms with E-state index in [1.165, 1.54) is 0 Å². The van der Waals surface area contributed by atoms with E-state index in [1.807, 2.05) is 0 Å². The number of benzene rings is 1. The van der Waals surface area contributed by atoms with Gasteiger partial charge in [-0.2, -0.15) is 5.10 Å². The molecule has 4 N–H and O–H groups in total. The predicted octanol–water partition coefficient (Wildman–Crippen LogP) is -0.354. The first-order valence-corrected chi connectivity index (χ1v) is 5.20. The largest absolute Gasteiger partial charge is 0.394 e. The highest BCUT2D eigenvalue weighted by molar-refractivity contribution is 5.97. The summed E-state index contributed by atoms with van der Waals surface area (Å²) in [5, 5.41) is 27.8. The van der Waals surface area contributed by atoms with Gasteiger partial charge in [0.1, 0.15) is 0 Å². The second-order valence-electron chi connectivity index (χ2n) is 3.71. The summed E-state index contributed by atoms with van der Waals surface area (Å²) >= 11 is 0. The smallest absolute Gasteiger partial charge is 0.251 e. The third-order valence-electron chi connectivity index (χ3n) is 2.48. The van der Waals surface area contributed by atoms with Crippen molar-refractivity contribution < 1.29 is 15.0 Å². The molecule has 1 aromatic heterocycles. The van der Waals surface area contributed by atoms with Crippen LogP contribution in [-0.4, -0.2) is 45.6 Å². The summed E-state index contributed by atoms with van der Waals surface area (Å²) in [6.45, 7) is -0.594. The number of fused-ring (bicyclic) bond motifs is 1. The summed E-state index contributed by atoms with van der Waals surface area (Å²) in [6, 6.07) is 4.48. The third-order valence-corrected chi connectivity index (χ3v) is 2.48. The summed E-state index contributed by atoms with van der Waals surface area (Å²) in [5.74, 6) is -0.338. The van der Waals surface area contributed by atoms with E-state index in [2.05, 4.69) is 15.5 Å². The maximum Gasteiger partial charge on any atom is 0.251 e. The Balaban J connectivity index is 2.18. The van der Waals surface area contributed by atoms with Gasteiger partial charge in [0, 0.05) is 10.9 Å². The number of hydrogen-bond acceptors (Lipinski definition) is 4. The molecule has 0 unspecified atom stereocenters. The molecular formula is C11H13N3O3. The monoisotopic (exact) mass is 235 g/mol. The van der Waals surface area contributed by atoms with Crippen molar-refractivity contribution in [1.29, 1.82) is 0 Å². The fraction of sp³-hybridized carbons (Fsp3) is 0.273. The van der Waals surface area contributed by atoms with Gasteiger partial charge in [0.05, 0.1) is 31.0 Å². The van der Waals surface area contributed by atoms with Crippen LogP contribution in [0.3, 0.4) is 0 Å². The minimum absolute atomic E-state index is 0.297. The average molecular weight is 235 g/mol. The van der Waals surface area contributed by atoms with Crippen molar-refractivity contribution >= 4 is 16.8 Å². The number of aliphatic hydroxyl groups excluding tert-OH is 2. The molecule has 0 spiro atoms. The molecule has 17 heavy (non-hydrogen) atoms. The van der Waals surface area contributed by atoms with Crippen LogP contribution >= 0.6 is 0 Å². The van der Waals surface area contributed by atoms with Crippen molar-refractivity contribution in [3.05, 3.63) is 30.0 Å². The van der Waals surface area contributed by atoms with Crippen LogP contribution in [0.4, 0.5) is 0 Å². The van der Waals surface area contributed by atoms with Gasteiger partial charge < -0.3 is 15.5 Å². The molecule has 0 radical (unpaired) electrons. The zero-order valence-corrected chi connectivity index (χ0v) is 9.05. The van der Waals surface area contributed by atoms with E-state index >= 15 is 0 Å². The van der Waals surface area contributed by atoms with Gasteiger partial charge in [0.2, 0.25) is 0 Å². The van der Waals surface area contributed by atoms with E-state index in [-0.39, 0.29) is 19.1 Å². The lowest BCUT2D eigenvalue weighted by Gasteiger charge is -2.13. The van der Waals surface area contributed by atoms with Crippen LogP contribution in [0.25, 0.3) is 10.9 Å². The normalized spacial score (nSPS) is 11.0. The lowest BCUT2D eigenvalue weighted by molar-refractivity contribution is 0.0879. The number of aromatic amines is 1. The Bertz CT molecular complexity index is 519. The first-order chi connectivity index (χ1) is 8.24. The molecule has 0 atom stereocenters. The summed E-state index contributed by atoms with van der Waals surface area (Å²) in [6.07, 6.45) is 1.67. The highest BCUT2D eigenvalue weighted by Gasteiger charge is 2.12. The molecule has 0 aliphatic rings. The number of carbonyl (C=O) groups is 1. The van der Waals surface area contributed by atoms with Crippen LogP contribution < -0.4 is 5.32 Å². The van der Waals surface area contributed by atoms with Crippen LogP contribution in [0, 0.1) is 0 Å². The molecule has 90 valence electrons. The van der Waals surface area contributed by atoms with Crippen molar-refractivity contribution in [3.8, 4) is 0 Å². The molecule has 0 aliphatic carbocycles. The number of nitrogens with one attached hydrogen (secondary N) is 2. The quantitative estimate of drug-likeness (QED) is 0.582. The van der Waals surface area contributed by atoms with E-state index in [0.717, 1.165) is 10.9 Å². The number of hydrogen-bond donors (Lipinski definition) is 4. The highest BCUT2D eigenvalue weighted by Crippen LogP contribution is 2.12. The van der Waals surface area contributed by atoms with Crippen molar-refractivity contribution in [3.63, 3.8) is 0 Å². The second-order valence-corrected chi connectivity index (χ2v) is 3.71. The Morgan fingerprint density at radius 3 is 2.88 bits per heavy atom. The van der Waals surface area contributed by atoms with Crippen molar-refractivity contribution in [1.82, 2.24) is 15.5 Å². The Morgan fingerprint density at radius 1 is 1.41 bits per heavy atom. The molecule has 1 amide bonds. The van der Waals surface area contributed by atoms with Crippen molar-refractivity contribution in [2.75, 3.05) is 13.2 Å². The summed E-state index contributed by atoms with van der Waals surface area (Å²) < 4.78 is 0. The lowest BCUT2D eigenvalue weighted by atomic mass is 10.1.